The lowest BCUT2D eigenvalue weighted by molar-refractivity contribution is -0.144. The highest BCUT2D eigenvalue weighted by molar-refractivity contribution is 7.13. The van der Waals surface area contributed by atoms with E-state index in [4.69, 9.17) is 21.1 Å². The van der Waals surface area contributed by atoms with Crippen LogP contribution < -0.4 is 26.2 Å². The van der Waals surface area contributed by atoms with Crippen LogP contribution in [0.1, 0.15) is 93.0 Å². The highest BCUT2D eigenvalue weighted by Crippen LogP contribution is 2.43. The van der Waals surface area contributed by atoms with E-state index in [1.54, 1.807) is 29.0 Å². The number of aryl methyl sites for hydroxylation is 1. The highest BCUT2D eigenvalue weighted by atomic mass is 35.5. The number of likely N-dealkylation sites (tertiary alicyclic amines) is 1. The number of nitrogens with zero attached hydrogens (tertiary/aromatic N) is 6. The van der Waals surface area contributed by atoms with Crippen molar-refractivity contribution in [3.63, 3.8) is 0 Å². The molecular weight excluding hydrogens is 976 g/mol. The van der Waals surface area contributed by atoms with Gasteiger partial charge in [0.15, 0.2) is 0 Å². The summed E-state index contributed by atoms with van der Waals surface area (Å²) in [7, 11) is 0. The molecule has 4 aromatic rings. The molecule has 2 fully saturated rings. The van der Waals surface area contributed by atoms with Gasteiger partial charge in [-0.25, -0.2) is 15.0 Å². The first kappa shape index (κ1) is 55.1. The topological polar surface area (TPSA) is 241 Å². The molecule has 3 aliphatic rings. The molecule has 0 spiro atoms. The lowest BCUT2D eigenvalue weighted by Gasteiger charge is -2.38. The van der Waals surface area contributed by atoms with Crippen LogP contribution >= 0.6 is 22.9 Å². The molecule has 0 saturated carbocycles. The van der Waals surface area contributed by atoms with Crippen LogP contribution in [0.15, 0.2) is 60.4 Å². The second-order valence-corrected chi connectivity index (χ2v) is 21.3. The van der Waals surface area contributed by atoms with Crippen molar-refractivity contribution in [1.29, 1.82) is 0 Å². The molecule has 73 heavy (non-hydrogen) atoms. The van der Waals surface area contributed by atoms with Gasteiger partial charge < -0.3 is 55.7 Å². The predicted molar refractivity (Wildman–Crippen MR) is 277 cm³/mol. The Morgan fingerprint density at radius 3 is 2.29 bits per heavy atom. The molecule has 5 amide bonds. The van der Waals surface area contributed by atoms with Gasteiger partial charge in [-0.15, -0.1) is 11.3 Å². The van der Waals surface area contributed by atoms with Crippen LogP contribution in [0.2, 0.25) is 5.02 Å². The summed E-state index contributed by atoms with van der Waals surface area (Å²) in [6.45, 7) is 12.9. The second kappa shape index (κ2) is 25.6. The summed E-state index contributed by atoms with van der Waals surface area (Å²) in [6, 6.07) is 13.2. The zero-order valence-corrected chi connectivity index (χ0v) is 43.8. The van der Waals surface area contributed by atoms with E-state index < -0.39 is 53.3 Å². The lowest BCUT2D eigenvalue weighted by Crippen LogP contribution is -2.58. The van der Waals surface area contributed by atoms with Gasteiger partial charge in [-0.2, -0.15) is 0 Å². The van der Waals surface area contributed by atoms with Crippen molar-refractivity contribution in [1.82, 2.24) is 46.0 Å². The Morgan fingerprint density at radius 2 is 1.59 bits per heavy atom. The number of β-amino-alcohol motifs (C(OH)–C–C–N with tert-alkyl or cyclic N) is 1. The van der Waals surface area contributed by atoms with Gasteiger partial charge in [0, 0.05) is 82.3 Å². The third-order valence-electron chi connectivity index (χ3n) is 13.5. The normalized spacial score (nSPS) is 19.6. The molecule has 2 aromatic carbocycles. The van der Waals surface area contributed by atoms with Crippen LogP contribution in [-0.2, 0) is 40.0 Å². The number of halogens is 1. The van der Waals surface area contributed by atoms with E-state index in [0.717, 1.165) is 38.6 Å². The number of fused-ring (bicyclic) bond motifs is 1. The molecule has 2 aromatic heterocycles. The first-order chi connectivity index (χ1) is 35.0. The highest BCUT2D eigenvalue weighted by Gasteiger charge is 2.44. The van der Waals surface area contributed by atoms with E-state index in [9.17, 15) is 34.2 Å². The Bertz CT molecular complexity index is 2520. The Labute approximate surface area is 435 Å². The Kier molecular flexibility index (Phi) is 19.3. The number of anilines is 1. The molecule has 21 heteroatoms. The largest absolute Gasteiger partial charge is 0.391 e. The number of ether oxygens (including phenoxy) is 2. The molecule has 0 radical (unpaired) electrons. The van der Waals surface area contributed by atoms with Crippen LogP contribution in [0, 0.1) is 12.3 Å². The van der Waals surface area contributed by atoms with Crippen molar-refractivity contribution in [2.45, 2.75) is 96.6 Å². The average molecular weight is 1050 g/mol. The summed E-state index contributed by atoms with van der Waals surface area (Å²) in [5.41, 5.74) is 6.45. The Balaban J connectivity index is 0.772. The smallest absolute Gasteiger partial charge is 0.246 e. The van der Waals surface area contributed by atoms with Gasteiger partial charge in [-0.3, -0.25) is 24.0 Å². The van der Waals surface area contributed by atoms with Crippen molar-refractivity contribution >= 4 is 58.3 Å². The number of rotatable bonds is 22. The standard InChI is InChI=1S/C52H69ClN10O9S/c1-32-24-41(65)45-44(32)48(58-30-57-45)61-17-19-62(20-18-61)50(69)39(35-10-12-37(53)13-11-35)27-54-15-14-42(66)55-16-21-71-22-23-72-29-43(67)60-47(52(3,4)5)51(70)63-28-38(64)25-40(63)49(68)56-26-34-6-8-36(9-7-34)46-33(2)59-31-73-46/h6-13,30-32,38-41,47,54,64-65H,14-29H2,1-5H3,(H,55,66)(H,56,68)(H,60,67)/t32-,38-,39?,40+,41-,47?/m1/s1. The summed E-state index contributed by atoms with van der Waals surface area (Å²) < 4.78 is 11.1. The molecule has 1 aliphatic carbocycles. The van der Waals surface area contributed by atoms with Crippen molar-refractivity contribution in [2.24, 2.45) is 5.41 Å². The number of carbonyl (C=O) groups excluding carboxylic acids is 5. The fraction of sp³-hybridized carbons (Fsp3) is 0.538. The van der Waals surface area contributed by atoms with E-state index in [1.165, 1.54) is 11.2 Å². The summed E-state index contributed by atoms with van der Waals surface area (Å²) in [4.78, 5) is 86.9. The summed E-state index contributed by atoms with van der Waals surface area (Å²) in [5, 5.41) is 33.4. The minimum absolute atomic E-state index is 0.0192. The first-order valence-corrected chi connectivity index (χ1v) is 26.2. The summed E-state index contributed by atoms with van der Waals surface area (Å²) in [6.07, 6.45) is 0.895. The molecule has 7 rings (SSSR count). The predicted octanol–water partition coefficient (Wildman–Crippen LogP) is 3.47. The number of nitrogens with one attached hydrogen (secondary N) is 4. The van der Waals surface area contributed by atoms with Gasteiger partial charge in [0.25, 0.3) is 0 Å². The fourth-order valence-electron chi connectivity index (χ4n) is 9.52. The molecular formula is C52H69ClN10O9S. The van der Waals surface area contributed by atoms with Crippen LogP contribution in [0.25, 0.3) is 10.4 Å². The Morgan fingerprint density at radius 1 is 0.863 bits per heavy atom. The number of aliphatic hydroxyl groups is 2. The van der Waals surface area contributed by atoms with Gasteiger partial charge in [-0.05, 0) is 53.5 Å². The summed E-state index contributed by atoms with van der Waals surface area (Å²) >= 11 is 7.75. The van der Waals surface area contributed by atoms with E-state index >= 15 is 0 Å². The number of aromatic nitrogens is 3. The van der Waals surface area contributed by atoms with Gasteiger partial charge >= 0.3 is 0 Å². The molecule has 2 unspecified atom stereocenters. The van der Waals surface area contributed by atoms with E-state index in [1.807, 2.05) is 69.0 Å². The van der Waals surface area contributed by atoms with Crippen LogP contribution in [0.5, 0.6) is 0 Å². The van der Waals surface area contributed by atoms with E-state index in [0.29, 0.717) is 56.4 Å². The number of amides is 5. The fourth-order valence-corrected chi connectivity index (χ4v) is 10.5. The molecule has 0 bridgehead atoms. The minimum atomic E-state index is -0.999. The zero-order chi connectivity index (χ0) is 52.2. The third kappa shape index (κ3) is 14.6. The van der Waals surface area contributed by atoms with Gasteiger partial charge in [0.2, 0.25) is 29.5 Å². The van der Waals surface area contributed by atoms with Crippen LogP contribution in [0.3, 0.4) is 0 Å². The lowest BCUT2D eigenvalue weighted by atomic mass is 9.85. The Hall–Kier alpha value is -5.61. The maximum atomic E-state index is 14.0. The monoisotopic (exact) mass is 1040 g/mol. The maximum Gasteiger partial charge on any atom is 0.246 e. The third-order valence-corrected chi connectivity index (χ3v) is 14.7. The molecule has 19 nitrogen and oxygen atoms in total. The van der Waals surface area contributed by atoms with Gasteiger partial charge in [0.1, 0.15) is 30.8 Å². The second-order valence-electron chi connectivity index (χ2n) is 20.0. The van der Waals surface area contributed by atoms with E-state index in [-0.39, 0.29) is 76.6 Å². The van der Waals surface area contributed by atoms with Crippen molar-refractivity contribution < 1.29 is 43.7 Å². The quantitative estimate of drug-likeness (QED) is 0.0619. The van der Waals surface area contributed by atoms with Crippen LogP contribution in [0.4, 0.5) is 5.82 Å². The number of thiazole rings is 1. The number of benzene rings is 2. The van der Waals surface area contributed by atoms with Crippen LogP contribution in [-0.4, -0.2) is 161 Å². The number of carbonyl (C=O) groups is 5. The minimum Gasteiger partial charge on any atom is -0.391 e. The number of aliphatic hydroxyl groups excluding tert-OH is 2. The van der Waals surface area contributed by atoms with Gasteiger partial charge in [0.05, 0.1) is 59.7 Å². The summed E-state index contributed by atoms with van der Waals surface area (Å²) in [5.74, 6) is -1.11. The van der Waals surface area contributed by atoms with Crippen molar-refractivity contribution in [3.8, 4) is 10.4 Å². The number of hydrogen-bond acceptors (Lipinski definition) is 15. The molecule has 6 N–H and O–H groups in total. The first-order valence-electron chi connectivity index (χ1n) is 25.0. The number of piperazine rings is 1. The molecule has 4 heterocycles. The molecule has 394 valence electrons. The average Bonchev–Trinajstić information content (AvgIpc) is 4.08. The molecule has 6 atom stereocenters. The number of hydrogen-bond donors (Lipinski definition) is 6. The maximum absolute atomic E-state index is 14.0. The van der Waals surface area contributed by atoms with Crippen molar-refractivity contribution in [3.05, 3.63) is 93.5 Å². The molecule has 2 aliphatic heterocycles. The SMILES string of the molecule is Cc1ncsc1-c1ccc(CNC(=O)[C@@H]2C[C@@H](O)CN2C(=O)C(NC(=O)COCCOCCNC(=O)CCNCC(C(=O)N2CCN(c3ncnc4c3[C@H](C)C[C@H]4O)CC2)c2ccc(Cl)cc2)C(C)(C)C)cc1. The van der Waals surface area contributed by atoms with Crippen molar-refractivity contribution in [2.75, 3.05) is 83.7 Å². The van der Waals surface area contributed by atoms with Gasteiger partial charge in [-0.1, -0.05) is 75.7 Å². The van der Waals surface area contributed by atoms with E-state index in [2.05, 4.69) is 48.0 Å². The zero-order valence-electron chi connectivity index (χ0n) is 42.3. The molecule has 2 saturated heterocycles.